The maximum atomic E-state index is 5.66. The fourth-order valence-corrected chi connectivity index (χ4v) is 1.82. The second kappa shape index (κ2) is 5.40. The first kappa shape index (κ1) is 12.2. The Hall–Kier alpha value is -1.88. The van der Waals surface area contributed by atoms with Gasteiger partial charge in [0.1, 0.15) is 18.2 Å². The Kier molecular flexibility index (Phi) is 3.46. The largest absolute Gasteiger partial charge is 0.484 e. The molecule has 1 saturated carbocycles. The van der Waals surface area contributed by atoms with Gasteiger partial charge < -0.3 is 14.6 Å². The van der Waals surface area contributed by atoms with Crippen LogP contribution in [0.5, 0.6) is 5.75 Å². The van der Waals surface area contributed by atoms with E-state index in [1.54, 1.807) is 12.4 Å². The molecule has 19 heavy (non-hydrogen) atoms. The summed E-state index contributed by atoms with van der Waals surface area (Å²) in [6.07, 6.45) is 8.04. The van der Waals surface area contributed by atoms with Crippen molar-refractivity contribution in [1.82, 2.24) is 19.9 Å². The highest BCUT2D eigenvalue weighted by molar-refractivity contribution is 5.20. The Bertz CT molecular complexity index is 531. The van der Waals surface area contributed by atoms with E-state index < -0.39 is 0 Å². The third-order valence-corrected chi connectivity index (χ3v) is 3.24. The van der Waals surface area contributed by atoms with Gasteiger partial charge in [0.05, 0.1) is 11.9 Å². The molecule has 0 spiro atoms. The monoisotopic (exact) mass is 258 g/mol. The molecule has 2 aromatic rings. The van der Waals surface area contributed by atoms with E-state index in [2.05, 4.69) is 15.3 Å². The molecule has 0 atom stereocenters. The van der Waals surface area contributed by atoms with Crippen molar-refractivity contribution in [2.24, 2.45) is 7.05 Å². The minimum Gasteiger partial charge on any atom is -0.484 e. The molecule has 1 aliphatic rings. The summed E-state index contributed by atoms with van der Waals surface area (Å²) < 4.78 is 7.60. The van der Waals surface area contributed by atoms with E-state index in [0.717, 1.165) is 23.8 Å². The number of pyridine rings is 1. The predicted octanol–water partition coefficient (Wildman–Crippen LogP) is 1.65. The third-order valence-electron chi connectivity index (χ3n) is 3.24. The molecule has 3 rings (SSSR count). The topological polar surface area (TPSA) is 52.0 Å². The molecule has 2 heterocycles. The number of hydrogen-bond acceptors (Lipinski definition) is 4. The zero-order valence-electron chi connectivity index (χ0n) is 11.0. The Morgan fingerprint density at radius 1 is 1.37 bits per heavy atom. The lowest BCUT2D eigenvalue weighted by molar-refractivity contribution is 0.290. The lowest BCUT2D eigenvalue weighted by Crippen LogP contribution is -2.16. The smallest absolute Gasteiger partial charge is 0.146 e. The fraction of sp³-hybridized carbons (Fsp3) is 0.429. The van der Waals surface area contributed by atoms with Crippen LogP contribution in [0.3, 0.4) is 0 Å². The molecular formula is C14H18N4O. The molecule has 2 aromatic heterocycles. The van der Waals surface area contributed by atoms with E-state index in [9.17, 15) is 0 Å². The third kappa shape index (κ3) is 3.32. The van der Waals surface area contributed by atoms with Crippen molar-refractivity contribution >= 4 is 0 Å². The van der Waals surface area contributed by atoms with Crippen LogP contribution in [0, 0.1) is 0 Å². The highest BCUT2D eigenvalue weighted by Crippen LogP contribution is 2.19. The van der Waals surface area contributed by atoms with E-state index in [-0.39, 0.29) is 0 Å². The van der Waals surface area contributed by atoms with Gasteiger partial charge in [0.15, 0.2) is 0 Å². The minimum atomic E-state index is 0.463. The standard InChI is InChI=1S/C14H18N4O/c1-18-7-6-15-14(18)10-19-13-5-4-12(17-9-13)8-16-11-2-3-11/h4-7,9,11,16H,2-3,8,10H2,1H3. The minimum absolute atomic E-state index is 0.463. The second-order valence-corrected chi connectivity index (χ2v) is 4.88. The molecule has 0 bridgehead atoms. The van der Waals surface area contributed by atoms with Crippen LogP contribution in [0.1, 0.15) is 24.4 Å². The maximum Gasteiger partial charge on any atom is 0.146 e. The van der Waals surface area contributed by atoms with E-state index in [1.165, 1.54) is 12.8 Å². The Morgan fingerprint density at radius 2 is 2.26 bits per heavy atom. The number of aromatic nitrogens is 3. The molecule has 0 radical (unpaired) electrons. The van der Waals surface area contributed by atoms with Crippen LogP contribution in [-0.4, -0.2) is 20.6 Å². The highest BCUT2D eigenvalue weighted by Gasteiger charge is 2.20. The molecule has 5 nitrogen and oxygen atoms in total. The van der Waals surface area contributed by atoms with Gasteiger partial charge in [0.25, 0.3) is 0 Å². The van der Waals surface area contributed by atoms with Gasteiger partial charge in [-0.25, -0.2) is 4.98 Å². The normalized spacial score (nSPS) is 14.6. The number of rotatable bonds is 6. The fourth-order valence-electron chi connectivity index (χ4n) is 1.82. The van der Waals surface area contributed by atoms with E-state index in [0.29, 0.717) is 12.6 Å². The van der Waals surface area contributed by atoms with Gasteiger partial charge in [0, 0.05) is 32.0 Å². The van der Waals surface area contributed by atoms with Crippen LogP contribution in [0.4, 0.5) is 0 Å². The molecule has 0 saturated heterocycles. The van der Waals surface area contributed by atoms with E-state index in [4.69, 9.17) is 4.74 Å². The number of aryl methyl sites for hydroxylation is 1. The summed E-state index contributed by atoms with van der Waals surface area (Å²) in [4.78, 5) is 8.60. The molecule has 1 fully saturated rings. The van der Waals surface area contributed by atoms with Gasteiger partial charge in [-0.15, -0.1) is 0 Å². The number of imidazole rings is 1. The van der Waals surface area contributed by atoms with Crippen LogP contribution >= 0.6 is 0 Å². The molecule has 0 aliphatic heterocycles. The van der Waals surface area contributed by atoms with Gasteiger partial charge in [-0.1, -0.05) is 0 Å². The second-order valence-electron chi connectivity index (χ2n) is 4.88. The Labute approximate surface area is 112 Å². The van der Waals surface area contributed by atoms with Gasteiger partial charge in [-0.3, -0.25) is 4.98 Å². The quantitative estimate of drug-likeness (QED) is 0.856. The molecule has 0 unspecified atom stereocenters. The molecule has 0 aromatic carbocycles. The summed E-state index contributed by atoms with van der Waals surface area (Å²) in [6.45, 7) is 1.30. The van der Waals surface area contributed by atoms with Crippen LogP contribution < -0.4 is 10.1 Å². The van der Waals surface area contributed by atoms with Gasteiger partial charge in [0.2, 0.25) is 0 Å². The average Bonchev–Trinajstić information content (AvgIpc) is 3.18. The summed E-state index contributed by atoms with van der Waals surface area (Å²) in [5.41, 5.74) is 1.05. The van der Waals surface area contributed by atoms with E-state index >= 15 is 0 Å². The van der Waals surface area contributed by atoms with Crippen molar-refractivity contribution in [3.8, 4) is 5.75 Å². The summed E-state index contributed by atoms with van der Waals surface area (Å²) in [5, 5.41) is 3.44. The van der Waals surface area contributed by atoms with Crippen LogP contribution in [0.2, 0.25) is 0 Å². The summed E-state index contributed by atoms with van der Waals surface area (Å²) >= 11 is 0. The Morgan fingerprint density at radius 3 is 2.89 bits per heavy atom. The van der Waals surface area contributed by atoms with Crippen molar-refractivity contribution in [3.05, 3.63) is 42.2 Å². The zero-order chi connectivity index (χ0) is 13.1. The molecule has 1 N–H and O–H groups in total. The first-order valence-electron chi connectivity index (χ1n) is 6.58. The van der Waals surface area contributed by atoms with Crippen molar-refractivity contribution in [1.29, 1.82) is 0 Å². The Balaban J connectivity index is 1.52. The van der Waals surface area contributed by atoms with Crippen molar-refractivity contribution in [3.63, 3.8) is 0 Å². The lowest BCUT2D eigenvalue weighted by atomic mass is 10.3. The average molecular weight is 258 g/mol. The van der Waals surface area contributed by atoms with Crippen molar-refractivity contribution in [2.45, 2.75) is 32.0 Å². The number of hydrogen-bond donors (Lipinski definition) is 1. The maximum absolute atomic E-state index is 5.66. The molecule has 1 aliphatic carbocycles. The number of nitrogens with zero attached hydrogens (tertiary/aromatic N) is 3. The molecule has 100 valence electrons. The summed E-state index contributed by atoms with van der Waals surface area (Å²) in [5.74, 6) is 1.68. The van der Waals surface area contributed by atoms with Gasteiger partial charge in [-0.05, 0) is 25.0 Å². The van der Waals surface area contributed by atoms with Gasteiger partial charge in [-0.2, -0.15) is 0 Å². The van der Waals surface area contributed by atoms with Crippen molar-refractivity contribution in [2.75, 3.05) is 0 Å². The molecule has 5 heteroatoms. The SMILES string of the molecule is Cn1ccnc1COc1ccc(CNC2CC2)nc1. The lowest BCUT2D eigenvalue weighted by Gasteiger charge is -2.07. The molecule has 0 amide bonds. The summed E-state index contributed by atoms with van der Waals surface area (Å²) in [6, 6.07) is 4.67. The van der Waals surface area contributed by atoms with Crippen molar-refractivity contribution < 1.29 is 4.74 Å². The number of nitrogens with one attached hydrogen (secondary N) is 1. The van der Waals surface area contributed by atoms with Crippen LogP contribution in [-0.2, 0) is 20.2 Å². The predicted molar refractivity (Wildman–Crippen MR) is 71.6 cm³/mol. The van der Waals surface area contributed by atoms with Crippen LogP contribution in [0.25, 0.3) is 0 Å². The van der Waals surface area contributed by atoms with Crippen LogP contribution in [0.15, 0.2) is 30.7 Å². The first-order chi connectivity index (χ1) is 9.31. The van der Waals surface area contributed by atoms with E-state index in [1.807, 2.05) is 29.9 Å². The zero-order valence-corrected chi connectivity index (χ0v) is 11.0. The number of ether oxygens (including phenoxy) is 1. The van der Waals surface area contributed by atoms with Gasteiger partial charge >= 0.3 is 0 Å². The first-order valence-corrected chi connectivity index (χ1v) is 6.58. The molecular weight excluding hydrogens is 240 g/mol. The highest BCUT2D eigenvalue weighted by atomic mass is 16.5. The summed E-state index contributed by atoms with van der Waals surface area (Å²) in [7, 11) is 1.95.